The van der Waals surface area contributed by atoms with Crippen molar-refractivity contribution < 1.29 is 9.30 Å². The van der Waals surface area contributed by atoms with Crippen LogP contribution in [0.4, 0.5) is 0 Å². The lowest BCUT2D eigenvalue weighted by atomic mass is 9.59. The van der Waals surface area contributed by atoms with Crippen LogP contribution in [0.25, 0.3) is 32.9 Å². The molecule has 2 atom stereocenters. The molecule has 2 unspecified atom stereocenters. The van der Waals surface area contributed by atoms with Crippen molar-refractivity contribution in [3.8, 4) is 11.3 Å². The molecule has 0 saturated carbocycles. The summed E-state index contributed by atoms with van der Waals surface area (Å²) in [6.45, 7) is 12.4. The largest absolute Gasteiger partial charge is 0.383 e. The summed E-state index contributed by atoms with van der Waals surface area (Å²) in [6, 6.07) is 23.2. The Morgan fingerprint density at radius 3 is 2.34 bits per heavy atom. The zero-order valence-corrected chi connectivity index (χ0v) is 22.4. The second-order valence-corrected chi connectivity index (χ2v) is 10.7. The standard InChI is InChI=1S/C33H40NO/c1-7-10-14-24-15-13-17-27-26(24)19-20-28-31(27)30-21-23(4)25-16-11-12-18-29(25)34(30)32(5,8-2)33(28,9-3)22-35-6/h11-13,15-21H,7-10,14,22H2,1-6H3/q+1. The zero-order valence-electron chi connectivity index (χ0n) is 22.4. The number of pyridine rings is 1. The van der Waals surface area contributed by atoms with Gasteiger partial charge < -0.3 is 4.74 Å². The number of nitrogens with zero attached hydrogens (tertiary/aromatic N) is 1. The Hall–Kier alpha value is -2.71. The van der Waals surface area contributed by atoms with Crippen LogP contribution in [-0.4, -0.2) is 13.7 Å². The van der Waals surface area contributed by atoms with E-state index in [2.05, 4.69) is 99.8 Å². The number of methoxy groups -OCH3 is 1. The third-order valence-corrected chi connectivity index (χ3v) is 9.09. The predicted octanol–water partition coefficient (Wildman–Crippen LogP) is 8.03. The van der Waals surface area contributed by atoms with Crippen LogP contribution in [0.2, 0.25) is 0 Å². The van der Waals surface area contributed by atoms with E-state index in [1.54, 1.807) is 0 Å². The first-order chi connectivity index (χ1) is 17.0. The van der Waals surface area contributed by atoms with E-state index in [4.69, 9.17) is 4.74 Å². The summed E-state index contributed by atoms with van der Waals surface area (Å²) in [5.41, 5.74) is 8.07. The lowest BCUT2D eigenvalue weighted by Gasteiger charge is -2.48. The number of aromatic nitrogens is 1. The van der Waals surface area contributed by atoms with Gasteiger partial charge in [-0.2, -0.15) is 4.57 Å². The van der Waals surface area contributed by atoms with Gasteiger partial charge in [-0.3, -0.25) is 0 Å². The van der Waals surface area contributed by atoms with E-state index in [0.29, 0.717) is 6.61 Å². The number of unbranched alkanes of at least 4 members (excludes halogenated alkanes) is 1. The summed E-state index contributed by atoms with van der Waals surface area (Å²) in [4.78, 5) is 0. The second kappa shape index (κ2) is 9.06. The molecule has 3 aromatic carbocycles. The quantitative estimate of drug-likeness (QED) is 0.251. The fraction of sp³-hybridized carbons (Fsp3) is 0.424. The Morgan fingerprint density at radius 1 is 0.857 bits per heavy atom. The summed E-state index contributed by atoms with van der Waals surface area (Å²) < 4.78 is 8.74. The van der Waals surface area contributed by atoms with Gasteiger partial charge in [-0.15, -0.1) is 0 Å². The van der Waals surface area contributed by atoms with Gasteiger partial charge in [0, 0.05) is 38.0 Å². The van der Waals surface area contributed by atoms with Gasteiger partial charge in [0.1, 0.15) is 0 Å². The highest BCUT2D eigenvalue weighted by atomic mass is 16.5. The monoisotopic (exact) mass is 466 g/mol. The molecular weight excluding hydrogens is 426 g/mol. The van der Waals surface area contributed by atoms with Crippen molar-refractivity contribution in [3.63, 3.8) is 0 Å². The van der Waals surface area contributed by atoms with Crippen molar-refractivity contribution in [2.75, 3.05) is 13.7 Å². The summed E-state index contributed by atoms with van der Waals surface area (Å²) in [5, 5.41) is 4.12. The zero-order chi connectivity index (χ0) is 24.8. The van der Waals surface area contributed by atoms with Crippen LogP contribution in [-0.2, 0) is 22.1 Å². The topological polar surface area (TPSA) is 13.1 Å². The number of aryl methyl sites for hydroxylation is 2. The molecule has 0 bridgehead atoms. The molecule has 0 N–H and O–H groups in total. The molecule has 0 radical (unpaired) electrons. The maximum atomic E-state index is 6.06. The maximum Gasteiger partial charge on any atom is 0.214 e. The van der Waals surface area contributed by atoms with Gasteiger partial charge in [0.2, 0.25) is 11.2 Å². The Kier molecular flexibility index (Phi) is 6.21. The molecule has 1 aliphatic rings. The Labute approximate surface area is 210 Å². The molecule has 2 nitrogen and oxygen atoms in total. The van der Waals surface area contributed by atoms with Crippen LogP contribution < -0.4 is 4.57 Å². The van der Waals surface area contributed by atoms with Crippen molar-refractivity contribution in [1.29, 1.82) is 0 Å². The van der Waals surface area contributed by atoms with E-state index in [1.165, 1.54) is 62.5 Å². The molecule has 0 aliphatic carbocycles. The average Bonchev–Trinajstić information content (AvgIpc) is 2.89. The van der Waals surface area contributed by atoms with E-state index >= 15 is 0 Å². The Morgan fingerprint density at radius 2 is 1.63 bits per heavy atom. The molecule has 35 heavy (non-hydrogen) atoms. The van der Waals surface area contributed by atoms with E-state index in [0.717, 1.165) is 19.3 Å². The molecule has 2 heteroatoms. The van der Waals surface area contributed by atoms with Crippen molar-refractivity contribution in [2.24, 2.45) is 0 Å². The Balaban J connectivity index is 1.99. The van der Waals surface area contributed by atoms with Crippen LogP contribution in [0.15, 0.2) is 60.7 Å². The van der Waals surface area contributed by atoms with Crippen LogP contribution >= 0.6 is 0 Å². The first kappa shape index (κ1) is 24.0. The van der Waals surface area contributed by atoms with Gasteiger partial charge in [-0.25, -0.2) is 0 Å². The lowest BCUT2D eigenvalue weighted by molar-refractivity contribution is -0.743. The molecule has 5 rings (SSSR count). The van der Waals surface area contributed by atoms with Gasteiger partial charge in [-0.1, -0.05) is 69.7 Å². The number of hydrogen-bond donors (Lipinski definition) is 0. The van der Waals surface area contributed by atoms with Crippen molar-refractivity contribution in [2.45, 2.75) is 77.7 Å². The average molecular weight is 467 g/mol. The third kappa shape index (κ3) is 3.29. The van der Waals surface area contributed by atoms with Gasteiger partial charge >= 0.3 is 0 Å². The molecule has 1 aromatic heterocycles. The third-order valence-electron chi connectivity index (χ3n) is 9.09. The summed E-state index contributed by atoms with van der Waals surface area (Å²) >= 11 is 0. The van der Waals surface area contributed by atoms with Crippen LogP contribution in [0, 0.1) is 6.92 Å². The van der Waals surface area contributed by atoms with Crippen molar-refractivity contribution >= 4 is 21.7 Å². The number of benzene rings is 3. The van der Waals surface area contributed by atoms with E-state index in [-0.39, 0.29) is 11.0 Å². The Bertz CT molecular complexity index is 1400. The highest BCUT2D eigenvalue weighted by Crippen LogP contribution is 2.52. The van der Waals surface area contributed by atoms with Crippen LogP contribution in [0.1, 0.15) is 70.1 Å². The minimum Gasteiger partial charge on any atom is -0.383 e. The molecule has 2 heterocycles. The normalized spacial score (nSPS) is 21.3. The molecule has 0 saturated heterocycles. The summed E-state index contributed by atoms with van der Waals surface area (Å²) in [6.07, 6.45) is 5.62. The molecule has 182 valence electrons. The molecule has 1 aliphatic heterocycles. The van der Waals surface area contributed by atoms with Crippen molar-refractivity contribution in [1.82, 2.24) is 0 Å². The van der Waals surface area contributed by atoms with Gasteiger partial charge in [-0.05, 0) is 59.7 Å². The molecule has 4 aromatic rings. The summed E-state index contributed by atoms with van der Waals surface area (Å²) in [5.74, 6) is 0. The molecule has 0 amide bonds. The van der Waals surface area contributed by atoms with Crippen LogP contribution in [0.3, 0.4) is 0 Å². The minimum atomic E-state index is -0.130. The first-order valence-corrected chi connectivity index (χ1v) is 13.5. The van der Waals surface area contributed by atoms with Crippen LogP contribution in [0.5, 0.6) is 0 Å². The predicted molar refractivity (Wildman–Crippen MR) is 148 cm³/mol. The number of para-hydroxylation sites is 1. The molecular formula is C33H40NO+. The number of fused-ring (bicyclic) bond motifs is 7. The van der Waals surface area contributed by atoms with E-state index in [9.17, 15) is 0 Å². The van der Waals surface area contributed by atoms with Gasteiger partial charge in [0.15, 0.2) is 5.54 Å². The lowest BCUT2D eigenvalue weighted by Crippen LogP contribution is -2.70. The summed E-state index contributed by atoms with van der Waals surface area (Å²) in [7, 11) is 1.87. The van der Waals surface area contributed by atoms with E-state index in [1.807, 2.05) is 7.11 Å². The SMILES string of the molecule is CCCCc1cccc2c3c(ccc12)C(CC)(COC)C(C)(CC)[n+]1c-3cc(C)c2ccccc21. The van der Waals surface area contributed by atoms with E-state index < -0.39 is 0 Å². The maximum absolute atomic E-state index is 6.06. The number of rotatable bonds is 7. The number of hydrogen-bond acceptors (Lipinski definition) is 1. The van der Waals surface area contributed by atoms with Crippen molar-refractivity contribution in [3.05, 3.63) is 77.4 Å². The van der Waals surface area contributed by atoms with Gasteiger partial charge in [0.05, 0.1) is 17.6 Å². The smallest absolute Gasteiger partial charge is 0.214 e. The first-order valence-electron chi connectivity index (χ1n) is 13.5. The molecule has 0 fully saturated rings. The number of ether oxygens (including phenoxy) is 1. The minimum absolute atomic E-state index is 0.124. The fourth-order valence-corrected chi connectivity index (χ4v) is 7.03. The molecule has 0 spiro atoms. The van der Waals surface area contributed by atoms with Gasteiger partial charge in [0.25, 0.3) is 0 Å². The fourth-order valence-electron chi connectivity index (χ4n) is 7.03. The highest BCUT2D eigenvalue weighted by Gasteiger charge is 2.60. The highest BCUT2D eigenvalue weighted by molar-refractivity contribution is 6.00. The second-order valence-electron chi connectivity index (χ2n) is 10.7.